The molecule has 0 saturated heterocycles. The summed E-state index contributed by atoms with van der Waals surface area (Å²) in [5.41, 5.74) is 13.5. The van der Waals surface area contributed by atoms with Crippen molar-refractivity contribution in [1.82, 2.24) is 10.6 Å². The molecule has 0 fully saturated rings. The summed E-state index contributed by atoms with van der Waals surface area (Å²) in [6.45, 7) is 1.69. The molecule has 0 aromatic heterocycles. The highest BCUT2D eigenvalue weighted by molar-refractivity contribution is 5.86. The number of carboxylic acids is 1. The number of hydrogen-bond donors (Lipinski definition) is 4. The number of amides is 2. The van der Waals surface area contributed by atoms with E-state index in [9.17, 15) is 14.4 Å². The number of nitrogens with one attached hydrogen (secondary N) is 2. The number of nitrogens with zero attached hydrogens (tertiary/aromatic N) is 3. The molecule has 0 aliphatic carbocycles. The lowest BCUT2D eigenvalue weighted by Crippen LogP contribution is -2.51. The van der Waals surface area contributed by atoms with E-state index in [1.165, 1.54) is 0 Å². The Morgan fingerprint density at radius 2 is 2.14 bits per heavy atom. The van der Waals surface area contributed by atoms with Gasteiger partial charge in [0.2, 0.25) is 5.91 Å². The van der Waals surface area contributed by atoms with E-state index in [1.54, 1.807) is 0 Å². The van der Waals surface area contributed by atoms with Gasteiger partial charge in [-0.15, -0.1) is 0 Å². The molecule has 124 valence electrons. The molecule has 0 aliphatic heterocycles. The Morgan fingerprint density at radius 1 is 1.45 bits per heavy atom. The fourth-order valence-corrected chi connectivity index (χ4v) is 1.30. The smallest absolute Gasteiger partial charge is 0.407 e. The van der Waals surface area contributed by atoms with Crippen LogP contribution >= 0.6 is 0 Å². The topological polar surface area (TPSA) is 180 Å². The van der Waals surface area contributed by atoms with Crippen LogP contribution in [0.5, 0.6) is 0 Å². The maximum absolute atomic E-state index is 11.9. The summed E-state index contributed by atoms with van der Waals surface area (Å²) in [7, 11) is 0. The van der Waals surface area contributed by atoms with Gasteiger partial charge < -0.3 is 26.2 Å². The molecule has 0 radical (unpaired) electrons. The average molecular weight is 316 g/mol. The number of rotatable bonds is 10. The number of aliphatic carboxylic acids is 1. The summed E-state index contributed by atoms with van der Waals surface area (Å²) < 4.78 is 4.79. The van der Waals surface area contributed by atoms with E-state index in [0.29, 0.717) is 6.42 Å². The summed E-state index contributed by atoms with van der Waals surface area (Å²) in [5.74, 6) is -1.90. The highest BCUT2D eigenvalue weighted by Crippen LogP contribution is 1.96. The third-order valence-corrected chi connectivity index (χ3v) is 2.44. The third-order valence-electron chi connectivity index (χ3n) is 2.44. The Balaban J connectivity index is 4.54. The van der Waals surface area contributed by atoms with Crippen molar-refractivity contribution >= 4 is 18.0 Å². The third kappa shape index (κ3) is 8.61. The van der Waals surface area contributed by atoms with Gasteiger partial charge in [0, 0.05) is 18.0 Å². The quantitative estimate of drug-likeness (QED) is 0.244. The van der Waals surface area contributed by atoms with Gasteiger partial charge in [-0.3, -0.25) is 9.59 Å². The molecule has 11 heteroatoms. The summed E-state index contributed by atoms with van der Waals surface area (Å²) in [4.78, 5) is 36.5. The minimum absolute atomic E-state index is 0.0202. The van der Waals surface area contributed by atoms with E-state index in [-0.39, 0.29) is 26.1 Å². The summed E-state index contributed by atoms with van der Waals surface area (Å²) >= 11 is 0. The fraction of sp³-hybridized carbons (Fsp3) is 0.727. The standard InChI is InChI=1S/C11H20N6O5/c1-2-5-22-11(21)16-8(3-4-15-17-13)9(18)14-6-7(12)10(19)20/h7-8H,2-6,12H2,1H3,(H,14,18)(H,16,21)(H,19,20)/t7-,8?/m0/s1. The second kappa shape index (κ2) is 11.2. The van der Waals surface area contributed by atoms with E-state index in [1.807, 2.05) is 6.92 Å². The molecule has 11 nitrogen and oxygen atoms in total. The van der Waals surface area contributed by atoms with E-state index in [4.69, 9.17) is 21.1 Å². The van der Waals surface area contributed by atoms with Gasteiger partial charge >= 0.3 is 12.1 Å². The van der Waals surface area contributed by atoms with Gasteiger partial charge in [-0.25, -0.2) is 4.79 Å². The molecule has 2 atom stereocenters. The van der Waals surface area contributed by atoms with Gasteiger partial charge in [0.25, 0.3) is 0 Å². The number of carbonyl (C=O) groups is 3. The molecule has 0 aromatic carbocycles. The van der Waals surface area contributed by atoms with Crippen LogP contribution in [0.1, 0.15) is 19.8 Å². The van der Waals surface area contributed by atoms with Crippen LogP contribution in [0, 0.1) is 0 Å². The van der Waals surface area contributed by atoms with Gasteiger partial charge in [-0.1, -0.05) is 12.0 Å². The largest absolute Gasteiger partial charge is 0.480 e. The van der Waals surface area contributed by atoms with Crippen molar-refractivity contribution in [3.63, 3.8) is 0 Å². The molecule has 0 spiro atoms. The summed E-state index contributed by atoms with van der Waals surface area (Å²) in [5, 5.41) is 16.5. The first-order valence-corrected chi connectivity index (χ1v) is 6.62. The van der Waals surface area contributed by atoms with E-state index in [0.717, 1.165) is 0 Å². The Kier molecular flexibility index (Phi) is 9.89. The number of ether oxygens (including phenoxy) is 1. The van der Waals surface area contributed by atoms with Crippen molar-refractivity contribution in [2.24, 2.45) is 10.8 Å². The molecule has 22 heavy (non-hydrogen) atoms. The molecule has 0 heterocycles. The second-order valence-corrected chi connectivity index (χ2v) is 4.27. The normalized spacial score (nSPS) is 12.5. The Labute approximate surface area is 126 Å². The maximum Gasteiger partial charge on any atom is 0.407 e. The molecule has 1 unspecified atom stereocenters. The number of carboxylic acid groups (broad SMARTS) is 1. The molecular formula is C11H20N6O5. The van der Waals surface area contributed by atoms with Crippen molar-refractivity contribution < 1.29 is 24.2 Å². The molecule has 0 saturated carbocycles. The van der Waals surface area contributed by atoms with Gasteiger partial charge in [-0.05, 0) is 18.4 Å². The number of carbonyl (C=O) groups excluding carboxylic acids is 2. The first kappa shape index (κ1) is 19.5. The van der Waals surface area contributed by atoms with Crippen molar-refractivity contribution in [3.8, 4) is 0 Å². The van der Waals surface area contributed by atoms with E-state index in [2.05, 4.69) is 20.7 Å². The highest BCUT2D eigenvalue weighted by atomic mass is 16.5. The molecule has 2 amide bonds. The van der Waals surface area contributed by atoms with E-state index < -0.39 is 30.1 Å². The molecule has 0 rings (SSSR count). The fourth-order valence-electron chi connectivity index (χ4n) is 1.30. The van der Waals surface area contributed by atoms with Crippen LogP contribution in [0.4, 0.5) is 4.79 Å². The van der Waals surface area contributed by atoms with Crippen LogP contribution in [0.15, 0.2) is 5.11 Å². The van der Waals surface area contributed by atoms with Crippen LogP contribution in [0.3, 0.4) is 0 Å². The predicted octanol–water partition coefficient (Wildman–Crippen LogP) is -0.280. The van der Waals surface area contributed by atoms with Crippen LogP contribution in [-0.4, -0.2) is 54.9 Å². The van der Waals surface area contributed by atoms with Gasteiger partial charge in [0.15, 0.2) is 0 Å². The average Bonchev–Trinajstić information content (AvgIpc) is 2.49. The van der Waals surface area contributed by atoms with Crippen molar-refractivity contribution in [2.45, 2.75) is 31.8 Å². The zero-order chi connectivity index (χ0) is 17.0. The monoisotopic (exact) mass is 316 g/mol. The predicted molar refractivity (Wildman–Crippen MR) is 75.8 cm³/mol. The number of nitrogens with two attached hydrogens (primary N) is 1. The lowest BCUT2D eigenvalue weighted by Gasteiger charge is -2.18. The zero-order valence-electron chi connectivity index (χ0n) is 12.2. The van der Waals surface area contributed by atoms with Gasteiger partial charge in [0.05, 0.1) is 6.61 Å². The lowest BCUT2D eigenvalue weighted by atomic mass is 10.2. The minimum atomic E-state index is -1.26. The molecule has 0 aliphatic rings. The number of hydrogen-bond acceptors (Lipinski definition) is 6. The Hall–Kier alpha value is -2.52. The minimum Gasteiger partial charge on any atom is -0.480 e. The Bertz CT molecular complexity index is 437. The van der Waals surface area contributed by atoms with Crippen molar-refractivity contribution in [3.05, 3.63) is 10.4 Å². The first-order valence-electron chi connectivity index (χ1n) is 6.62. The summed E-state index contributed by atoms with van der Waals surface area (Å²) in [6.07, 6.45) is -0.124. The van der Waals surface area contributed by atoms with Crippen molar-refractivity contribution in [1.29, 1.82) is 0 Å². The van der Waals surface area contributed by atoms with E-state index >= 15 is 0 Å². The second-order valence-electron chi connectivity index (χ2n) is 4.27. The molecule has 0 bridgehead atoms. The molecular weight excluding hydrogens is 296 g/mol. The van der Waals surface area contributed by atoms with Crippen LogP contribution in [-0.2, 0) is 14.3 Å². The van der Waals surface area contributed by atoms with Crippen molar-refractivity contribution in [2.75, 3.05) is 19.7 Å². The van der Waals surface area contributed by atoms with Crippen LogP contribution in [0.25, 0.3) is 10.4 Å². The zero-order valence-corrected chi connectivity index (χ0v) is 12.2. The molecule has 5 N–H and O–H groups in total. The highest BCUT2D eigenvalue weighted by Gasteiger charge is 2.22. The first-order chi connectivity index (χ1) is 10.4. The lowest BCUT2D eigenvalue weighted by molar-refractivity contribution is -0.138. The SMILES string of the molecule is CCCOC(=O)NC(CCN=[N+]=[N-])C(=O)NC[C@H](N)C(=O)O. The number of alkyl carbamates (subject to hydrolysis) is 1. The van der Waals surface area contributed by atoms with Gasteiger partial charge in [0.1, 0.15) is 12.1 Å². The summed E-state index contributed by atoms with van der Waals surface area (Å²) in [6, 6.07) is -2.27. The maximum atomic E-state index is 11.9. The van der Waals surface area contributed by atoms with Crippen LogP contribution in [0.2, 0.25) is 0 Å². The van der Waals surface area contributed by atoms with Crippen LogP contribution < -0.4 is 16.4 Å². The van der Waals surface area contributed by atoms with Gasteiger partial charge in [-0.2, -0.15) is 0 Å². The number of azide groups is 1. The Morgan fingerprint density at radius 3 is 2.68 bits per heavy atom. The molecule has 0 aromatic rings.